The highest BCUT2D eigenvalue weighted by Crippen LogP contribution is 2.23. The molecule has 21 heavy (non-hydrogen) atoms. The molecule has 106 valence electrons. The quantitative estimate of drug-likeness (QED) is 0.801. The second kappa shape index (κ2) is 5.27. The second-order valence-corrected chi connectivity index (χ2v) is 6.21. The smallest absolute Gasteiger partial charge is 0.262 e. The zero-order chi connectivity index (χ0) is 14.9. The van der Waals surface area contributed by atoms with Gasteiger partial charge in [-0.25, -0.2) is 8.42 Å². The van der Waals surface area contributed by atoms with E-state index in [1.165, 1.54) is 18.2 Å². The van der Waals surface area contributed by atoms with Crippen molar-refractivity contribution < 1.29 is 8.42 Å². The second-order valence-electron chi connectivity index (χ2n) is 4.17. The summed E-state index contributed by atoms with van der Waals surface area (Å²) in [4.78, 5) is 4.27. The molecule has 0 aliphatic carbocycles. The first-order valence-electron chi connectivity index (χ1n) is 5.92. The van der Waals surface area contributed by atoms with Gasteiger partial charge in [0.25, 0.3) is 10.0 Å². The molecule has 0 amide bonds. The molecule has 1 aromatic carbocycles. The molecule has 0 saturated carbocycles. The van der Waals surface area contributed by atoms with Crippen LogP contribution in [0.3, 0.4) is 0 Å². The molecule has 0 saturated heterocycles. The maximum atomic E-state index is 12.5. The van der Waals surface area contributed by atoms with Crippen molar-refractivity contribution >= 4 is 38.3 Å². The van der Waals surface area contributed by atoms with Crippen LogP contribution in [-0.4, -0.2) is 23.6 Å². The first kappa shape index (κ1) is 13.7. The molecule has 2 aromatic heterocycles. The molecule has 0 radical (unpaired) electrons. The van der Waals surface area contributed by atoms with Crippen molar-refractivity contribution in [3.05, 3.63) is 53.8 Å². The summed E-state index contributed by atoms with van der Waals surface area (Å²) in [6, 6.07) is 11.2. The highest BCUT2D eigenvalue weighted by atomic mass is 35.5. The Bertz CT molecular complexity index is 892. The van der Waals surface area contributed by atoms with Gasteiger partial charge in [-0.3, -0.25) is 9.71 Å². The summed E-state index contributed by atoms with van der Waals surface area (Å²) < 4.78 is 27.3. The third kappa shape index (κ3) is 2.79. The van der Waals surface area contributed by atoms with Crippen LogP contribution in [0.1, 0.15) is 0 Å². The number of aromatic nitrogens is 3. The van der Waals surface area contributed by atoms with E-state index >= 15 is 0 Å². The third-order valence-electron chi connectivity index (χ3n) is 2.77. The molecule has 0 bridgehead atoms. The molecule has 2 heterocycles. The van der Waals surface area contributed by atoms with Gasteiger partial charge in [0.2, 0.25) is 0 Å². The Morgan fingerprint density at radius 1 is 1.00 bits per heavy atom. The first-order chi connectivity index (χ1) is 10.1. The van der Waals surface area contributed by atoms with E-state index in [1.807, 2.05) is 0 Å². The normalized spacial score (nSPS) is 11.5. The average molecular weight is 321 g/mol. The Hall–Kier alpha value is -2.25. The highest BCUT2D eigenvalue weighted by Gasteiger charge is 2.18. The standard InChI is InChI=1S/C13H9ClN4O2S/c14-12-6-7-13(17-16-12)18-21(19,20)11-5-1-4-10-9(11)3-2-8-15-10/h1-8H,(H,17,18). The van der Waals surface area contributed by atoms with Gasteiger partial charge in [0.1, 0.15) is 0 Å². The van der Waals surface area contributed by atoms with Crippen molar-refractivity contribution in [3.63, 3.8) is 0 Å². The maximum Gasteiger partial charge on any atom is 0.263 e. The van der Waals surface area contributed by atoms with E-state index in [4.69, 9.17) is 11.6 Å². The lowest BCUT2D eigenvalue weighted by Crippen LogP contribution is -2.14. The maximum absolute atomic E-state index is 12.5. The van der Waals surface area contributed by atoms with Gasteiger partial charge < -0.3 is 0 Å². The molecular formula is C13H9ClN4O2S. The van der Waals surface area contributed by atoms with Crippen LogP contribution in [0.15, 0.2) is 53.6 Å². The van der Waals surface area contributed by atoms with E-state index in [1.54, 1.807) is 30.5 Å². The summed E-state index contributed by atoms with van der Waals surface area (Å²) in [5.41, 5.74) is 0.600. The van der Waals surface area contributed by atoms with E-state index in [9.17, 15) is 8.42 Å². The zero-order valence-electron chi connectivity index (χ0n) is 10.6. The van der Waals surface area contributed by atoms with Crippen molar-refractivity contribution in [2.24, 2.45) is 0 Å². The summed E-state index contributed by atoms with van der Waals surface area (Å²) in [6.45, 7) is 0. The zero-order valence-corrected chi connectivity index (χ0v) is 12.1. The molecule has 0 aliphatic heterocycles. The number of fused-ring (bicyclic) bond motifs is 1. The van der Waals surface area contributed by atoms with Crippen molar-refractivity contribution in [2.75, 3.05) is 4.72 Å². The van der Waals surface area contributed by atoms with Crippen LogP contribution < -0.4 is 4.72 Å². The van der Waals surface area contributed by atoms with Gasteiger partial charge >= 0.3 is 0 Å². The SMILES string of the molecule is O=S(=O)(Nc1ccc(Cl)nn1)c1cccc2ncccc12. The fourth-order valence-corrected chi connectivity index (χ4v) is 3.19. The summed E-state index contributed by atoms with van der Waals surface area (Å²) in [6.07, 6.45) is 1.61. The van der Waals surface area contributed by atoms with Crippen LogP contribution in [0.4, 0.5) is 5.82 Å². The topological polar surface area (TPSA) is 84.8 Å². The van der Waals surface area contributed by atoms with Crippen LogP contribution in [-0.2, 0) is 10.0 Å². The Labute approximate surface area is 125 Å². The summed E-state index contributed by atoms with van der Waals surface area (Å²) >= 11 is 5.62. The number of benzene rings is 1. The minimum absolute atomic E-state index is 0.0975. The lowest BCUT2D eigenvalue weighted by Gasteiger charge is -2.09. The van der Waals surface area contributed by atoms with Gasteiger partial charge in [0.15, 0.2) is 11.0 Å². The third-order valence-corrected chi connectivity index (χ3v) is 4.38. The van der Waals surface area contributed by atoms with Crippen molar-refractivity contribution in [3.8, 4) is 0 Å². The van der Waals surface area contributed by atoms with Crippen molar-refractivity contribution in [2.45, 2.75) is 4.90 Å². The van der Waals surface area contributed by atoms with E-state index in [0.717, 1.165) is 0 Å². The van der Waals surface area contributed by atoms with Crippen molar-refractivity contribution in [1.82, 2.24) is 15.2 Å². The lowest BCUT2D eigenvalue weighted by molar-refractivity contribution is 0.601. The number of anilines is 1. The van der Waals surface area contributed by atoms with Crippen LogP contribution in [0.5, 0.6) is 0 Å². The minimum atomic E-state index is -3.79. The molecule has 0 spiro atoms. The lowest BCUT2D eigenvalue weighted by atomic mass is 10.2. The molecule has 8 heteroatoms. The van der Waals surface area contributed by atoms with Gasteiger partial charge in [-0.1, -0.05) is 17.7 Å². The van der Waals surface area contributed by atoms with E-state index in [-0.39, 0.29) is 15.9 Å². The molecule has 0 atom stereocenters. The van der Waals surface area contributed by atoms with Gasteiger partial charge in [-0.2, -0.15) is 0 Å². The number of sulfonamides is 1. The van der Waals surface area contributed by atoms with E-state index in [0.29, 0.717) is 10.9 Å². The van der Waals surface area contributed by atoms with E-state index in [2.05, 4.69) is 19.9 Å². The number of pyridine rings is 1. The average Bonchev–Trinajstić information content (AvgIpc) is 2.49. The van der Waals surface area contributed by atoms with E-state index < -0.39 is 10.0 Å². The molecule has 3 rings (SSSR count). The van der Waals surface area contributed by atoms with Crippen molar-refractivity contribution in [1.29, 1.82) is 0 Å². The van der Waals surface area contributed by atoms with Gasteiger partial charge in [-0.05, 0) is 36.4 Å². The summed E-state index contributed by atoms with van der Waals surface area (Å²) in [5.74, 6) is 0.0975. The fraction of sp³-hybridized carbons (Fsp3) is 0. The Morgan fingerprint density at radius 2 is 1.86 bits per heavy atom. The minimum Gasteiger partial charge on any atom is -0.262 e. The Balaban J connectivity index is 2.06. The van der Waals surface area contributed by atoms with Gasteiger partial charge in [0.05, 0.1) is 10.4 Å². The number of hydrogen-bond donors (Lipinski definition) is 1. The van der Waals surface area contributed by atoms with Crippen LogP contribution >= 0.6 is 11.6 Å². The summed E-state index contributed by atoms with van der Waals surface area (Å²) in [5, 5.41) is 8.00. The van der Waals surface area contributed by atoms with Gasteiger partial charge in [0, 0.05) is 11.6 Å². The van der Waals surface area contributed by atoms with Crippen LogP contribution in [0.25, 0.3) is 10.9 Å². The Kier molecular flexibility index (Phi) is 3.44. The Morgan fingerprint density at radius 3 is 2.62 bits per heavy atom. The predicted octanol–water partition coefficient (Wildman–Crippen LogP) is 2.48. The number of hydrogen-bond acceptors (Lipinski definition) is 5. The number of rotatable bonds is 3. The van der Waals surface area contributed by atoms with Crippen LogP contribution in [0.2, 0.25) is 5.15 Å². The molecule has 1 N–H and O–H groups in total. The molecule has 6 nitrogen and oxygen atoms in total. The highest BCUT2D eigenvalue weighted by molar-refractivity contribution is 7.93. The fourth-order valence-electron chi connectivity index (χ4n) is 1.87. The predicted molar refractivity (Wildman–Crippen MR) is 79.6 cm³/mol. The molecule has 0 aliphatic rings. The molecular weight excluding hydrogens is 312 g/mol. The van der Waals surface area contributed by atoms with Crippen LogP contribution in [0, 0.1) is 0 Å². The number of nitrogens with zero attached hydrogens (tertiary/aromatic N) is 3. The molecule has 3 aromatic rings. The monoisotopic (exact) mass is 320 g/mol. The summed E-state index contributed by atoms with van der Waals surface area (Å²) in [7, 11) is -3.79. The molecule has 0 unspecified atom stereocenters. The number of halogens is 1. The number of nitrogens with one attached hydrogen (secondary N) is 1. The molecule has 0 fully saturated rings. The first-order valence-corrected chi connectivity index (χ1v) is 7.78. The largest absolute Gasteiger partial charge is 0.263 e. The van der Waals surface area contributed by atoms with Gasteiger partial charge in [-0.15, -0.1) is 10.2 Å².